The molecule has 122 valence electrons. The highest BCUT2D eigenvalue weighted by Crippen LogP contribution is 2.22. The first-order chi connectivity index (χ1) is 9.20. The van der Waals surface area contributed by atoms with E-state index in [9.17, 15) is 0 Å². The van der Waals surface area contributed by atoms with Gasteiger partial charge in [0.25, 0.3) is 0 Å². The summed E-state index contributed by atoms with van der Waals surface area (Å²) in [5, 5.41) is 0. The van der Waals surface area contributed by atoms with Crippen LogP contribution in [-0.2, 0) is 8.54 Å². The van der Waals surface area contributed by atoms with E-state index in [1.807, 2.05) is 7.11 Å². The predicted octanol–water partition coefficient (Wildman–Crippen LogP) is 3.76. The first-order valence-corrected chi connectivity index (χ1v) is 18.3. The molecule has 0 spiro atoms. The summed E-state index contributed by atoms with van der Waals surface area (Å²) in [5.41, 5.74) is 1.07. The number of rotatable bonds is 12. The molecule has 0 aliphatic heterocycles. The Morgan fingerprint density at radius 2 is 1.70 bits per heavy atom. The van der Waals surface area contributed by atoms with E-state index >= 15 is 0 Å². The largest absolute Gasteiger partial charge is 0.461 e. The van der Waals surface area contributed by atoms with Crippen molar-refractivity contribution in [2.45, 2.75) is 82.6 Å². The summed E-state index contributed by atoms with van der Waals surface area (Å²) in [6, 6.07) is 4.27. The molecule has 0 heterocycles. The molecule has 0 aliphatic carbocycles. The Balaban J connectivity index is 3.67. The van der Waals surface area contributed by atoms with E-state index in [1.165, 1.54) is 37.4 Å². The van der Waals surface area contributed by atoms with Gasteiger partial charge in [-0.15, -0.1) is 0 Å². The summed E-state index contributed by atoms with van der Waals surface area (Å²) in [7, 11) is -0.739. The van der Waals surface area contributed by atoms with Gasteiger partial charge < -0.3 is 8.54 Å². The monoisotopic (exact) mass is 350 g/mol. The molecule has 0 N–H and O–H groups in total. The van der Waals surface area contributed by atoms with E-state index in [1.54, 1.807) is 0 Å². The molecule has 1 unspecified atom stereocenters. The zero-order valence-electron chi connectivity index (χ0n) is 15.1. The third-order valence-electron chi connectivity index (χ3n) is 4.06. The lowest BCUT2D eigenvalue weighted by Gasteiger charge is -2.21. The second-order valence-electron chi connectivity index (χ2n) is 7.59. The Hall–Kier alpha value is 0.788. The minimum absolute atomic E-state index is 0.113. The van der Waals surface area contributed by atoms with Gasteiger partial charge in [-0.3, -0.25) is 0 Å². The van der Waals surface area contributed by atoms with E-state index < -0.39 is 16.6 Å². The van der Waals surface area contributed by atoms with Crippen LogP contribution in [-0.4, -0.2) is 43.0 Å². The van der Waals surface area contributed by atoms with Crippen LogP contribution >= 0.6 is 0 Å². The van der Waals surface area contributed by atoms with Crippen molar-refractivity contribution < 1.29 is 8.54 Å². The Kier molecular flexibility index (Phi) is 10.9. The zero-order chi connectivity index (χ0) is 15.6. The summed E-state index contributed by atoms with van der Waals surface area (Å²) >= 11 is 0. The van der Waals surface area contributed by atoms with Gasteiger partial charge in [0.2, 0.25) is 0 Å². The maximum absolute atomic E-state index is 6.06. The number of hydrogen-bond acceptors (Lipinski definition) is 2. The standard InChI is InChI=1S/C14H38O2Si4/c1-8-14(17-12-13-20(6,7)15-2)10-9-11-18-16-19(3,4)5/h14H,8-13,17-18H2,1-7H3. The third-order valence-corrected chi connectivity index (χ3v) is 15.1. The average molecular weight is 351 g/mol. The second-order valence-corrected chi connectivity index (χ2v) is 20.9. The lowest BCUT2D eigenvalue weighted by Crippen LogP contribution is -2.28. The minimum atomic E-state index is -1.30. The summed E-state index contributed by atoms with van der Waals surface area (Å²) in [6.07, 6.45) is 4.30. The molecule has 1 atom stereocenters. The van der Waals surface area contributed by atoms with Crippen molar-refractivity contribution in [3.8, 4) is 0 Å². The highest BCUT2D eigenvalue weighted by atomic mass is 28.4. The summed E-state index contributed by atoms with van der Waals surface area (Å²) in [5.74, 6) is 0. The van der Waals surface area contributed by atoms with Gasteiger partial charge in [-0.1, -0.05) is 37.8 Å². The van der Waals surface area contributed by atoms with Gasteiger partial charge in [0, 0.05) is 16.6 Å². The highest BCUT2D eigenvalue weighted by Gasteiger charge is 2.20. The molecule has 0 radical (unpaired) electrons. The summed E-state index contributed by atoms with van der Waals surface area (Å²) in [6.45, 7) is 14.0. The molecule has 0 aromatic rings. The van der Waals surface area contributed by atoms with Crippen molar-refractivity contribution in [3.63, 3.8) is 0 Å². The van der Waals surface area contributed by atoms with Crippen molar-refractivity contribution >= 4 is 35.9 Å². The van der Waals surface area contributed by atoms with Gasteiger partial charge in [-0.05, 0) is 44.8 Å². The Bertz CT molecular complexity index is 242. The van der Waals surface area contributed by atoms with Crippen LogP contribution in [0.5, 0.6) is 0 Å². The SMILES string of the molecule is CCC(CCC[SiH2]O[Si](C)(C)C)[SiH2]CC[Si](C)(C)OC. The van der Waals surface area contributed by atoms with Crippen LogP contribution in [0.15, 0.2) is 0 Å². The van der Waals surface area contributed by atoms with Gasteiger partial charge in [0.15, 0.2) is 16.6 Å². The molecule has 0 aromatic heterocycles. The maximum atomic E-state index is 6.06. The molecular weight excluding hydrogens is 312 g/mol. The molecule has 0 saturated carbocycles. The van der Waals surface area contributed by atoms with E-state index in [0.29, 0.717) is 0 Å². The third kappa shape index (κ3) is 12.5. The van der Waals surface area contributed by atoms with E-state index in [0.717, 1.165) is 5.54 Å². The fourth-order valence-electron chi connectivity index (χ4n) is 2.38. The summed E-state index contributed by atoms with van der Waals surface area (Å²) < 4.78 is 11.7. The first kappa shape index (κ1) is 20.8. The van der Waals surface area contributed by atoms with E-state index in [4.69, 9.17) is 8.54 Å². The summed E-state index contributed by atoms with van der Waals surface area (Å²) in [4.78, 5) is 0. The van der Waals surface area contributed by atoms with Crippen molar-refractivity contribution in [3.05, 3.63) is 0 Å². The molecule has 0 fully saturated rings. The topological polar surface area (TPSA) is 18.5 Å². The van der Waals surface area contributed by atoms with E-state index in [2.05, 4.69) is 39.7 Å². The normalized spacial score (nSPS) is 15.8. The molecule has 0 rings (SSSR count). The van der Waals surface area contributed by atoms with Crippen molar-refractivity contribution in [2.75, 3.05) is 7.11 Å². The Morgan fingerprint density at radius 1 is 1.05 bits per heavy atom. The van der Waals surface area contributed by atoms with Crippen LogP contribution in [0.2, 0.25) is 56.4 Å². The fraction of sp³-hybridized carbons (Fsp3) is 1.00. The van der Waals surface area contributed by atoms with Crippen LogP contribution in [0.1, 0.15) is 26.2 Å². The van der Waals surface area contributed by atoms with E-state index in [-0.39, 0.29) is 19.3 Å². The smallest absolute Gasteiger partial charge is 0.185 e. The molecule has 0 amide bonds. The highest BCUT2D eigenvalue weighted by molar-refractivity contribution is 6.74. The maximum Gasteiger partial charge on any atom is 0.185 e. The van der Waals surface area contributed by atoms with Gasteiger partial charge in [0.05, 0.1) is 0 Å². The molecule has 0 aliphatic rings. The minimum Gasteiger partial charge on any atom is -0.461 e. The van der Waals surface area contributed by atoms with Gasteiger partial charge >= 0.3 is 0 Å². The molecule has 2 nitrogen and oxygen atoms in total. The zero-order valence-corrected chi connectivity index (χ0v) is 19.9. The lowest BCUT2D eigenvalue weighted by molar-refractivity contribution is 0.405. The quantitative estimate of drug-likeness (QED) is 0.394. The number of hydrogen-bond donors (Lipinski definition) is 0. The molecule has 0 saturated heterocycles. The predicted molar refractivity (Wildman–Crippen MR) is 104 cm³/mol. The van der Waals surface area contributed by atoms with Crippen LogP contribution in [0.4, 0.5) is 0 Å². The molecule has 20 heavy (non-hydrogen) atoms. The lowest BCUT2D eigenvalue weighted by atomic mass is 10.2. The van der Waals surface area contributed by atoms with Crippen LogP contribution in [0, 0.1) is 0 Å². The first-order valence-electron chi connectivity index (χ1n) is 8.39. The molecule has 6 heteroatoms. The van der Waals surface area contributed by atoms with Gasteiger partial charge in [0.1, 0.15) is 9.76 Å². The molecule has 0 bridgehead atoms. The van der Waals surface area contributed by atoms with Crippen molar-refractivity contribution in [1.29, 1.82) is 0 Å². The van der Waals surface area contributed by atoms with Crippen LogP contribution < -0.4 is 0 Å². The fourth-order valence-corrected chi connectivity index (χ4v) is 11.9. The van der Waals surface area contributed by atoms with Gasteiger partial charge in [-0.2, -0.15) is 0 Å². The average Bonchev–Trinajstić information content (AvgIpc) is 2.34. The molecule has 0 aromatic carbocycles. The van der Waals surface area contributed by atoms with Gasteiger partial charge in [-0.25, -0.2) is 0 Å². The Labute approximate surface area is 134 Å². The van der Waals surface area contributed by atoms with Crippen molar-refractivity contribution in [2.24, 2.45) is 0 Å². The second kappa shape index (κ2) is 10.5. The molecular formula is C14H38O2Si4. The van der Waals surface area contributed by atoms with Crippen molar-refractivity contribution in [1.82, 2.24) is 0 Å². The van der Waals surface area contributed by atoms with Crippen LogP contribution in [0.25, 0.3) is 0 Å². The Morgan fingerprint density at radius 3 is 2.20 bits per heavy atom. The van der Waals surface area contributed by atoms with Crippen LogP contribution in [0.3, 0.4) is 0 Å².